The van der Waals surface area contributed by atoms with E-state index in [2.05, 4.69) is 24.1 Å². The van der Waals surface area contributed by atoms with Gasteiger partial charge in [-0.25, -0.2) is 0 Å². The molecule has 0 saturated carbocycles. The SMILES string of the molecule is CC(C)CNC(=O)CN(C)c1ccc([C@H](C)O)nc1. The third-order valence-corrected chi connectivity index (χ3v) is 2.73. The Morgan fingerprint density at radius 2 is 2.11 bits per heavy atom. The van der Waals surface area contributed by atoms with Crippen LogP contribution in [-0.4, -0.2) is 36.1 Å². The first-order valence-corrected chi connectivity index (χ1v) is 6.52. The minimum Gasteiger partial charge on any atom is -0.387 e. The van der Waals surface area contributed by atoms with Gasteiger partial charge in [0.1, 0.15) is 0 Å². The Morgan fingerprint density at radius 1 is 1.42 bits per heavy atom. The van der Waals surface area contributed by atoms with Crippen molar-refractivity contribution in [3.05, 3.63) is 24.0 Å². The minimum absolute atomic E-state index is 0.00389. The van der Waals surface area contributed by atoms with Gasteiger partial charge in [0.15, 0.2) is 0 Å². The van der Waals surface area contributed by atoms with Gasteiger partial charge in [-0.3, -0.25) is 9.78 Å². The number of aliphatic hydroxyl groups is 1. The zero-order valence-electron chi connectivity index (χ0n) is 12.1. The lowest BCUT2D eigenvalue weighted by Gasteiger charge is -2.19. The van der Waals surface area contributed by atoms with E-state index in [1.165, 1.54) is 0 Å². The molecule has 2 N–H and O–H groups in total. The summed E-state index contributed by atoms with van der Waals surface area (Å²) >= 11 is 0. The molecule has 0 aromatic carbocycles. The van der Waals surface area contributed by atoms with E-state index in [0.717, 1.165) is 5.69 Å². The van der Waals surface area contributed by atoms with Gasteiger partial charge < -0.3 is 15.3 Å². The molecule has 1 amide bonds. The van der Waals surface area contributed by atoms with Crippen LogP contribution in [0.25, 0.3) is 0 Å². The summed E-state index contributed by atoms with van der Waals surface area (Å²) in [6.45, 7) is 6.77. The fourth-order valence-corrected chi connectivity index (χ4v) is 1.55. The first kappa shape index (κ1) is 15.4. The van der Waals surface area contributed by atoms with Crippen LogP contribution in [0.5, 0.6) is 0 Å². The number of nitrogens with zero attached hydrogens (tertiary/aromatic N) is 2. The summed E-state index contributed by atoms with van der Waals surface area (Å²) < 4.78 is 0. The average Bonchev–Trinajstić information content (AvgIpc) is 2.36. The number of hydrogen-bond donors (Lipinski definition) is 2. The quantitative estimate of drug-likeness (QED) is 0.814. The zero-order chi connectivity index (χ0) is 14.4. The van der Waals surface area contributed by atoms with E-state index in [-0.39, 0.29) is 5.91 Å². The number of amides is 1. The molecule has 0 saturated heterocycles. The molecule has 106 valence electrons. The number of carbonyl (C=O) groups excluding carboxylic acids is 1. The average molecular weight is 265 g/mol. The fourth-order valence-electron chi connectivity index (χ4n) is 1.55. The van der Waals surface area contributed by atoms with E-state index in [1.807, 2.05) is 18.0 Å². The normalized spacial score (nSPS) is 12.3. The molecule has 0 aliphatic rings. The maximum atomic E-state index is 11.7. The van der Waals surface area contributed by atoms with Crippen molar-refractivity contribution < 1.29 is 9.90 Å². The smallest absolute Gasteiger partial charge is 0.239 e. The highest BCUT2D eigenvalue weighted by atomic mass is 16.3. The van der Waals surface area contributed by atoms with Crippen LogP contribution in [0.4, 0.5) is 5.69 Å². The molecule has 5 nitrogen and oxygen atoms in total. The number of aliphatic hydroxyl groups excluding tert-OH is 1. The molecule has 0 spiro atoms. The van der Waals surface area contributed by atoms with Gasteiger partial charge >= 0.3 is 0 Å². The number of pyridine rings is 1. The van der Waals surface area contributed by atoms with Gasteiger partial charge in [-0.1, -0.05) is 13.8 Å². The van der Waals surface area contributed by atoms with Crippen LogP contribution in [0.3, 0.4) is 0 Å². The van der Waals surface area contributed by atoms with Crippen molar-refractivity contribution in [2.24, 2.45) is 5.92 Å². The van der Waals surface area contributed by atoms with Crippen LogP contribution in [0, 0.1) is 5.92 Å². The first-order valence-electron chi connectivity index (χ1n) is 6.52. The highest BCUT2D eigenvalue weighted by Crippen LogP contribution is 2.14. The van der Waals surface area contributed by atoms with E-state index in [9.17, 15) is 9.90 Å². The number of anilines is 1. The Hall–Kier alpha value is -1.62. The van der Waals surface area contributed by atoms with Gasteiger partial charge in [-0.05, 0) is 25.0 Å². The second-order valence-corrected chi connectivity index (χ2v) is 5.17. The van der Waals surface area contributed by atoms with Crippen LogP contribution in [0.1, 0.15) is 32.6 Å². The molecule has 0 radical (unpaired) electrons. The molecule has 0 bridgehead atoms. The summed E-state index contributed by atoms with van der Waals surface area (Å²) in [4.78, 5) is 17.7. The predicted octanol–water partition coefficient (Wildman–Crippen LogP) is 1.34. The number of nitrogens with one attached hydrogen (secondary N) is 1. The molecule has 0 unspecified atom stereocenters. The maximum Gasteiger partial charge on any atom is 0.239 e. The standard InChI is InChI=1S/C14H23N3O2/c1-10(2)7-16-14(19)9-17(4)12-5-6-13(11(3)18)15-8-12/h5-6,8,10-11,18H,7,9H2,1-4H3,(H,16,19)/t11-/m0/s1. The Bertz CT molecular complexity index is 402. The van der Waals surface area contributed by atoms with E-state index in [4.69, 9.17) is 0 Å². The van der Waals surface area contributed by atoms with Crippen LogP contribution in [-0.2, 0) is 4.79 Å². The molecule has 5 heteroatoms. The lowest BCUT2D eigenvalue weighted by atomic mass is 10.2. The molecule has 0 fully saturated rings. The van der Waals surface area contributed by atoms with Gasteiger partial charge in [0.25, 0.3) is 0 Å². The van der Waals surface area contributed by atoms with Crippen LogP contribution >= 0.6 is 0 Å². The van der Waals surface area contributed by atoms with Crippen molar-refractivity contribution in [3.8, 4) is 0 Å². The fraction of sp³-hybridized carbons (Fsp3) is 0.571. The van der Waals surface area contributed by atoms with Crippen LogP contribution < -0.4 is 10.2 Å². The summed E-state index contributed by atoms with van der Waals surface area (Å²) in [5.41, 5.74) is 1.48. The first-order chi connectivity index (χ1) is 8.90. The zero-order valence-corrected chi connectivity index (χ0v) is 12.1. The van der Waals surface area contributed by atoms with Crippen molar-refractivity contribution in [2.45, 2.75) is 26.9 Å². The largest absolute Gasteiger partial charge is 0.387 e. The van der Waals surface area contributed by atoms with E-state index in [0.29, 0.717) is 24.7 Å². The monoisotopic (exact) mass is 265 g/mol. The molecule has 19 heavy (non-hydrogen) atoms. The van der Waals surface area contributed by atoms with Gasteiger partial charge in [0.2, 0.25) is 5.91 Å². The summed E-state index contributed by atoms with van der Waals surface area (Å²) in [5.74, 6) is 0.442. The van der Waals surface area contributed by atoms with Crippen LogP contribution in [0.15, 0.2) is 18.3 Å². The number of likely N-dealkylation sites (N-methyl/N-ethyl adjacent to an activating group) is 1. The van der Waals surface area contributed by atoms with E-state index in [1.54, 1.807) is 19.2 Å². The Morgan fingerprint density at radius 3 is 2.58 bits per heavy atom. The molecule has 1 rings (SSSR count). The molecular weight excluding hydrogens is 242 g/mol. The predicted molar refractivity (Wildman–Crippen MR) is 76.0 cm³/mol. The Kier molecular flexibility index (Phi) is 5.76. The number of aromatic nitrogens is 1. The highest BCUT2D eigenvalue weighted by molar-refractivity contribution is 5.81. The minimum atomic E-state index is -0.575. The molecule has 1 aromatic rings. The summed E-state index contributed by atoms with van der Waals surface area (Å²) in [6, 6.07) is 3.62. The van der Waals surface area contributed by atoms with Gasteiger partial charge in [-0.2, -0.15) is 0 Å². The molecule has 1 aromatic heterocycles. The molecule has 1 atom stereocenters. The topological polar surface area (TPSA) is 65.5 Å². The van der Waals surface area contributed by atoms with E-state index >= 15 is 0 Å². The van der Waals surface area contributed by atoms with Crippen molar-refractivity contribution >= 4 is 11.6 Å². The van der Waals surface area contributed by atoms with Crippen molar-refractivity contribution in [2.75, 3.05) is 25.0 Å². The highest BCUT2D eigenvalue weighted by Gasteiger charge is 2.09. The van der Waals surface area contributed by atoms with Gasteiger partial charge in [-0.15, -0.1) is 0 Å². The van der Waals surface area contributed by atoms with Crippen molar-refractivity contribution in [1.82, 2.24) is 10.3 Å². The second-order valence-electron chi connectivity index (χ2n) is 5.17. The molecular formula is C14H23N3O2. The summed E-state index contributed by atoms with van der Waals surface area (Å²) in [5, 5.41) is 12.3. The molecule has 0 aliphatic heterocycles. The Labute approximate surface area is 114 Å². The summed E-state index contributed by atoms with van der Waals surface area (Å²) in [7, 11) is 1.84. The van der Waals surface area contributed by atoms with Gasteiger partial charge in [0.05, 0.1) is 30.2 Å². The number of carbonyl (C=O) groups is 1. The summed E-state index contributed by atoms with van der Waals surface area (Å²) in [6.07, 6.45) is 1.09. The molecule has 0 aliphatic carbocycles. The van der Waals surface area contributed by atoms with Gasteiger partial charge in [0, 0.05) is 13.6 Å². The number of rotatable bonds is 6. The van der Waals surface area contributed by atoms with Crippen LogP contribution in [0.2, 0.25) is 0 Å². The van der Waals surface area contributed by atoms with E-state index < -0.39 is 6.10 Å². The maximum absolute atomic E-state index is 11.7. The number of hydrogen-bond acceptors (Lipinski definition) is 4. The lowest BCUT2D eigenvalue weighted by molar-refractivity contribution is -0.119. The van der Waals surface area contributed by atoms with Crippen molar-refractivity contribution in [1.29, 1.82) is 0 Å². The van der Waals surface area contributed by atoms with Crippen molar-refractivity contribution in [3.63, 3.8) is 0 Å². The Balaban J connectivity index is 2.53. The lowest BCUT2D eigenvalue weighted by Crippen LogP contribution is -2.36. The second kappa shape index (κ2) is 7.09. The third-order valence-electron chi connectivity index (χ3n) is 2.73. The third kappa shape index (κ3) is 5.26. The molecule has 1 heterocycles.